The molecule has 0 bridgehead atoms. The van der Waals surface area contributed by atoms with E-state index in [-0.39, 0.29) is 22.8 Å². The summed E-state index contributed by atoms with van der Waals surface area (Å²) in [6.07, 6.45) is 0.0463. The zero-order chi connectivity index (χ0) is 15.8. The number of piperidine rings is 1. The predicted molar refractivity (Wildman–Crippen MR) is 86.5 cm³/mol. The summed E-state index contributed by atoms with van der Waals surface area (Å²) in [5.74, 6) is 0.114. The minimum absolute atomic E-state index is 0.0252. The minimum atomic E-state index is -3.57. The van der Waals surface area contributed by atoms with E-state index in [1.165, 1.54) is 4.31 Å². The van der Waals surface area contributed by atoms with E-state index in [1.807, 2.05) is 0 Å². The molecule has 1 saturated heterocycles. The van der Waals surface area contributed by atoms with Crippen LogP contribution in [0.3, 0.4) is 0 Å². The van der Waals surface area contributed by atoms with Crippen LogP contribution in [0.5, 0.6) is 0 Å². The average Bonchev–Trinajstić information content (AvgIpc) is 2.37. The summed E-state index contributed by atoms with van der Waals surface area (Å²) in [6, 6.07) is 6.78. The summed E-state index contributed by atoms with van der Waals surface area (Å²) in [4.78, 5) is 0.256. The lowest BCUT2D eigenvalue weighted by molar-refractivity contribution is -0.00210. The summed E-state index contributed by atoms with van der Waals surface area (Å²) in [6.45, 7) is 6.85. The molecule has 1 heterocycles. The van der Waals surface area contributed by atoms with Crippen molar-refractivity contribution < 1.29 is 13.5 Å². The van der Waals surface area contributed by atoms with Crippen molar-refractivity contribution >= 4 is 26.0 Å². The van der Waals surface area contributed by atoms with Crippen LogP contribution < -0.4 is 0 Å². The van der Waals surface area contributed by atoms with Gasteiger partial charge in [0, 0.05) is 17.6 Å². The molecule has 4 nitrogen and oxygen atoms in total. The summed E-state index contributed by atoms with van der Waals surface area (Å²) in [7, 11) is -3.57. The maximum Gasteiger partial charge on any atom is 0.244 e. The molecule has 2 unspecified atom stereocenters. The van der Waals surface area contributed by atoms with E-state index in [9.17, 15) is 13.5 Å². The molecule has 0 amide bonds. The number of rotatable bonds is 2. The van der Waals surface area contributed by atoms with Crippen molar-refractivity contribution in [2.45, 2.75) is 38.2 Å². The first kappa shape index (κ1) is 16.9. The molecule has 118 valence electrons. The lowest BCUT2D eigenvalue weighted by Crippen LogP contribution is -2.49. The molecule has 1 aromatic rings. The number of halogens is 1. The second-order valence-electron chi connectivity index (χ2n) is 6.62. The average molecular weight is 376 g/mol. The molecule has 0 saturated carbocycles. The number of β-amino-alcohol motifs (C(OH)–C–C–N with tert-alkyl or cyclic N) is 1. The van der Waals surface area contributed by atoms with Crippen LogP contribution in [0.2, 0.25) is 0 Å². The monoisotopic (exact) mass is 375 g/mol. The zero-order valence-corrected chi connectivity index (χ0v) is 15.0. The number of aliphatic hydroxyl groups excluding tert-OH is 1. The van der Waals surface area contributed by atoms with E-state index in [2.05, 4.69) is 36.7 Å². The first-order valence-corrected chi connectivity index (χ1v) is 9.30. The highest BCUT2D eigenvalue weighted by Crippen LogP contribution is 2.36. The zero-order valence-electron chi connectivity index (χ0n) is 12.6. The Bertz CT molecular complexity index is 610. The Kier molecular flexibility index (Phi) is 4.83. The Hall–Kier alpha value is -0.430. The molecule has 1 aromatic carbocycles. The maximum absolute atomic E-state index is 12.7. The third kappa shape index (κ3) is 3.50. The van der Waals surface area contributed by atoms with Gasteiger partial charge in [-0.3, -0.25) is 0 Å². The molecule has 0 spiro atoms. The van der Waals surface area contributed by atoms with Crippen LogP contribution in [0, 0.1) is 11.3 Å². The van der Waals surface area contributed by atoms with E-state index in [0.717, 1.165) is 0 Å². The highest BCUT2D eigenvalue weighted by Gasteiger charge is 2.39. The van der Waals surface area contributed by atoms with Gasteiger partial charge >= 0.3 is 0 Å². The van der Waals surface area contributed by atoms with E-state index in [1.54, 1.807) is 24.3 Å². The number of hydrogen-bond acceptors (Lipinski definition) is 3. The van der Waals surface area contributed by atoms with E-state index in [4.69, 9.17) is 0 Å². The van der Waals surface area contributed by atoms with Gasteiger partial charge in [0.2, 0.25) is 10.0 Å². The Labute approximate surface area is 135 Å². The Morgan fingerprint density at radius 1 is 1.29 bits per heavy atom. The molecule has 2 rings (SSSR count). The Morgan fingerprint density at radius 3 is 2.43 bits per heavy atom. The highest BCUT2D eigenvalue weighted by atomic mass is 79.9. The number of aliphatic hydroxyl groups is 1. The maximum atomic E-state index is 12.7. The van der Waals surface area contributed by atoms with E-state index >= 15 is 0 Å². The van der Waals surface area contributed by atoms with Gasteiger partial charge in [-0.05, 0) is 45.8 Å². The van der Waals surface area contributed by atoms with Crippen LogP contribution in [-0.4, -0.2) is 37.0 Å². The van der Waals surface area contributed by atoms with Gasteiger partial charge in [0.15, 0.2) is 0 Å². The highest BCUT2D eigenvalue weighted by molar-refractivity contribution is 9.10. The molecule has 1 aliphatic heterocycles. The van der Waals surface area contributed by atoms with Gasteiger partial charge in [-0.25, -0.2) is 8.42 Å². The van der Waals surface area contributed by atoms with Gasteiger partial charge < -0.3 is 5.11 Å². The quantitative estimate of drug-likeness (QED) is 0.864. The predicted octanol–water partition coefficient (Wildman–Crippen LogP) is 2.87. The van der Waals surface area contributed by atoms with Gasteiger partial charge in [0.05, 0.1) is 11.0 Å². The normalized spacial score (nSPS) is 25.0. The van der Waals surface area contributed by atoms with Crippen LogP contribution in [-0.2, 0) is 10.0 Å². The molecule has 2 atom stereocenters. The largest absolute Gasteiger partial charge is 0.391 e. The Morgan fingerprint density at radius 2 is 1.90 bits per heavy atom. The molecular formula is C15H22BrNO3S. The first-order chi connectivity index (χ1) is 9.64. The molecule has 1 fully saturated rings. The number of benzene rings is 1. The van der Waals surface area contributed by atoms with Crippen LogP contribution in [0.1, 0.15) is 27.2 Å². The fourth-order valence-electron chi connectivity index (χ4n) is 2.92. The molecule has 1 N–H and O–H groups in total. The third-order valence-electron chi connectivity index (χ3n) is 4.11. The van der Waals surface area contributed by atoms with Crippen molar-refractivity contribution in [2.75, 3.05) is 13.1 Å². The molecule has 0 aliphatic carbocycles. The minimum Gasteiger partial charge on any atom is -0.391 e. The molecule has 0 aromatic heterocycles. The number of hydrogen-bond donors (Lipinski definition) is 1. The molecule has 6 heteroatoms. The smallest absolute Gasteiger partial charge is 0.244 e. The number of nitrogens with zero attached hydrogens (tertiary/aromatic N) is 1. The molecular weight excluding hydrogens is 354 g/mol. The number of sulfonamides is 1. The summed E-state index contributed by atoms with van der Waals surface area (Å²) in [5.41, 5.74) is -0.0252. The topological polar surface area (TPSA) is 57.6 Å². The van der Waals surface area contributed by atoms with Gasteiger partial charge in [0.25, 0.3) is 0 Å². The fraction of sp³-hybridized carbons (Fsp3) is 0.600. The SMILES string of the molecule is CC(C)(C)C1CCN(S(=O)(=O)c2ccccc2Br)CC1O. The van der Waals surface area contributed by atoms with Crippen LogP contribution >= 0.6 is 15.9 Å². The lowest BCUT2D eigenvalue weighted by atomic mass is 9.74. The second kappa shape index (κ2) is 5.99. The third-order valence-corrected chi connectivity index (χ3v) is 6.99. The molecule has 0 radical (unpaired) electrons. The summed E-state index contributed by atoms with van der Waals surface area (Å²) < 4.78 is 27.3. The van der Waals surface area contributed by atoms with Crippen molar-refractivity contribution in [3.63, 3.8) is 0 Å². The van der Waals surface area contributed by atoms with Crippen molar-refractivity contribution in [1.82, 2.24) is 4.31 Å². The summed E-state index contributed by atoms with van der Waals surface area (Å²) in [5, 5.41) is 10.3. The van der Waals surface area contributed by atoms with Gasteiger partial charge in [-0.2, -0.15) is 4.31 Å². The fourth-order valence-corrected chi connectivity index (χ4v) is 5.36. The van der Waals surface area contributed by atoms with E-state index in [0.29, 0.717) is 17.4 Å². The van der Waals surface area contributed by atoms with Crippen molar-refractivity contribution in [3.05, 3.63) is 28.7 Å². The van der Waals surface area contributed by atoms with E-state index < -0.39 is 16.1 Å². The summed E-state index contributed by atoms with van der Waals surface area (Å²) >= 11 is 3.29. The van der Waals surface area contributed by atoms with Crippen molar-refractivity contribution in [3.8, 4) is 0 Å². The van der Waals surface area contributed by atoms with Gasteiger partial charge in [-0.1, -0.05) is 32.9 Å². The molecule has 1 aliphatic rings. The van der Waals surface area contributed by atoms with Crippen LogP contribution in [0.15, 0.2) is 33.6 Å². The van der Waals surface area contributed by atoms with Crippen LogP contribution in [0.25, 0.3) is 0 Å². The first-order valence-electron chi connectivity index (χ1n) is 7.07. The van der Waals surface area contributed by atoms with Crippen molar-refractivity contribution in [1.29, 1.82) is 0 Å². The van der Waals surface area contributed by atoms with Gasteiger partial charge in [0.1, 0.15) is 0 Å². The standard InChI is InChI=1S/C15H22BrNO3S/c1-15(2,3)11-8-9-17(10-13(11)18)21(19,20)14-7-5-4-6-12(14)16/h4-7,11,13,18H,8-10H2,1-3H3. The lowest BCUT2D eigenvalue weighted by Gasteiger charge is -2.41. The Balaban J connectivity index is 2.23. The van der Waals surface area contributed by atoms with Crippen LogP contribution in [0.4, 0.5) is 0 Å². The van der Waals surface area contributed by atoms with Crippen molar-refractivity contribution in [2.24, 2.45) is 11.3 Å². The second-order valence-corrected chi connectivity index (χ2v) is 9.38. The van der Waals surface area contributed by atoms with Gasteiger partial charge in [-0.15, -0.1) is 0 Å². The molecule has 21 heavy (non-hydrogen) atoms.